The molecule has 0 radical (unpaired) electrons. The van der Waals surface area contributed by atoms with Gasteiger partial charge in [-0.05, 0) is 67.7 Å². The van der Waals surface area contributed by atoms with E-state index in [1.807, 2.05) is 4.90 Å². The van der Waals surface area contributed by atoms with Crippen LogP contribution in [0.2, 0.25) is 0 Å². The van der Waals surface area contributed by atoms with Crippen molar-refractivity contribution in [1.82, 2.24) is 0 Å². The Morgan fingerprint density at radius 3 is 2.48 bits per heavy atom. The van der Waals surface area contributed by atoms with Crippen molar-refractivity contribution >= 4 is 11.6 Å². The second-order valence-electron chi connectivity index (χ2n) is 7.78. The largest absolute Gasteiger partial charge is 0.381 e. The smallest absolute Gasteiger partial charge is 0.230 e. The lowest BCUT2D eigenvalue weighted by atomic mass is 9.98. The molecule has 2 heterocycles. The van der Waals surface area contributed by atoms with Crippen LogP contribution in [-0.4, -0.2) is 25.7 Å². The molecule has 1 saturated heterocycles. The topological polar surface area (TPSA) is 29.5 Å². The highest BCUT2D eigenvalue weighted by Gasteiger charge is 2.31. The standard InChI is InChI=1S/C24H29NO2/c26-24(21-13-16-27-17-14-21)25-15-12-22-18-20(10-11-23(22)25)9-5-4-8-19-6-2-1-3-7-19/h1-3,6-7,10-11,18,21H,4-5,8-9,12-17H2. The van der Waals surface area contributed by atoms with Crippen molar-refractivity contribution in [2.24, 2.45) is 5.92 Å². The second-order valence-corrected chi connectivity index (χ2v) is 7.78. The van der Waals surface area contributed by atoms with Gasteiger partial charge in [0.25, 0.3) is 0 Å². The van der Waals surface area contributed by atoms with E-state index in [4.69, 9.17) is 4.74 Å². The van der Waals surface area contributed by atoms with Gasteiger partial charge in [-0.2, -0.15) is 0 Å². The van der Waals surface area contributed by atoms with Crippen molar-refractivity contribution in [1.29, 1.82) is 0 Å². The highest BCUT2D eigenvalue weighted by molar-refractivity contribution is 5.97. The first-order valence-corrected chi connectivity index (χ1v) is 10.4. The highest BCUT2D eigenvalue weighted by Crippen LogP contribution is 2.32. The van der Waals surface area contributed by atoms with Gasteiger partial charge in [0.15, 0.2) is 0 Å². The maximum atomic E-state index is 12.9. The van der Waals surface area contributed by atoms with Crippen molar-refractivity contribution in [3.8, 4) is 0 Å². The van der Waals surface area contributed by atoms with Crippen LogP contribution in [-0.2, 0) is 28.8 Å². The molecule has 27 heavy (non-hydrogen) atoms. The molecule has 4 rings (SSSR count). The summed E-state index contributed by atoms with van der Waals surface area (Å²) in [6.45, 7) is 2.28. The van der Waals surface area contributed by atoms with Crippen molar-refractivity contribution in [2.45, 2.75) is 44.9 Å². The zero-order valence-electron chi connectivity index (χ0n) is 16.0. The molecular weight excluding hydrogens is 334 g/mol. The van der Waals surface area contributed by atoms with Crippen LogP contribution >= 0.6 is 0 Å². The normalized spacial score (nSPS) is 17.1. The fraction of sp³-hybridized carbons (Fsp3) is 0.458. The van der Waals surface area contributed by atoms with E-state index < -0.39 is 0 Å². The first-order chi connectivity index (χ1) is 13.3. The number of unbranched alkanes of at least 4 members (excludes halogenated alkanes) is 1. The third-order valence-electron chi connectivity index (χ3n) is 5.90. The van der Waals surface area contributed by atoms with Crippen LogP contribution in [0.3, 0.4) is 0 Å². The SMILES string of the molecule is O=C(C1CCOCC1)N1CCc2cc(CCCCc3ccccc3)ccc21. The van der Waals surface area contributed by atoms with E-state index >= 15 is 0 Å². The zero-order chi connectivity index (χ0) is 18.5. The number of hydrogen-bond acceptors (Lipinski definition) is 2. The Morgan fingerprint density at radius 1 is 0.963 bits per heavy atom. The first-order valence-electron chi connectivity index (χ1n) is 10.4. The van der Waals surface area contributed by atoms with E-state index in [0.717, 1.165) is 57.6 Å². The molecule has 0 saturated carbocycles. The molecule has 2 aromatic rings. The average Bonchev–Trinajstić information content (AvgIpc) is 3.15. The monoisotopic (exact) mass is 363 g/mol. The van der Waals surface area contributed by atoms with Gasteiger partial charge in [0.1, 0.15) is 0 Å². The van der Waals surface area contributed by atoms with Crippen molar-refractivity contribution < 1.29 is 9.53 Å². The Hall–Kier alpha value is -2.13. The minimum atomic E-state index is 0.141. The van der Waals surface area contributed by atoms with Gasteiger partial charge in [-0.1, -0.05) is 42.5 Å². The summed E-state index contributed by atoms with van der Waals surface area (Å²) in [5.41, 5.74) is 5.31. The number of carbonyl (C=O) groups is 1. The number of anilines is 1. The van der Waals surface area contributed by atoms with Crippen molar-refractivity contribution in [3.05, 3.63) is 65.2 Å². The lowest BCUT2D eigenvalue weighted by molar-refractivity contribution is -0.125. The summed E-state index contributed by atoms with van der Waals surface area (Å²) < 4.78 is 5.40. The molecule has 0 N–H and O–H groups in total. The summed E-state index contributed by atoms with van der Waals surface area (Å²) in [4.78, 5) is 14.9. The summed E-state index contributed by atoms with van der Waals surface area (Å²) in [5.74, 6) is 0.440. The summed E-state index contributed by atoms with van der Waals surface area (Å²) in [7, 11) is 0. The van der Waals surface area contributed by atoms with Gasteiger partial charge >= 0.3 is 0 Å². The number of benzene rings is 2. The molecule has 3 heteroatoms. The zero-order valence-corrected chi connectivity index (χ0v) is 16.0. The summed E-state index contributed by atoms with van der Waals surface area (Å²) >= 11 is 0. The van der Waals surface area contributed by atoms with E-state index in [1.54, 1.807) is 0 Å². The molecule has 3 nitrogen and oxygen atoms in total. The molecule has 0 aromatic heterocycles. The molecule has 2 aromatic carbocycles. The summed E-state index contributed by atoms with van der Waals surface area (Å²) in [5, 5.41) is 0. The van der Waals surface area contributed by atoms with E-state index in [0.29, 0.717) is 5.91 Å². The van der Waals surface area contributed by atoms with E-state index in [-0.39, 0.29) is 5.92 Å². The Labute approximate surface area is 162 Å². The predicted octanol–water partition coefficient (Wildman–Crippen LogP) is 4.57. The van der Waals surface area contributed by atoms with Crippen molar-refractivity contribution in [3.63, 3.8) is 0 Å². The molecule has 2 aliphatic rings. The van der Waals surface area contributed by atoms with Gasteiger partial charge in [0.2, 0.25) is 5.91 Å². The lowest BCUT2D eigenvalue weighted by Crippen LogP contribution is -2.37. The number of aryl methyl sites for hydroxylation is 2. The molecule has 1 fully saturated rings. The van der Waals surface area contributed by atoms with E-state index in [2.05, 4.69) is 48.5 Å². The Bertz CT molecular complexity index is 765. The third-order valence-corrected chi connectivity index (χ3v) is 5.90. The molecule has 0 atom stereocenters. The molecule has 1 amide bonds. The van der Waals surface area contributed by atoms with E-state index in [1.165, 1.54) is 29.5 Å². The quantitative estimate of drug-likeness (QED) is 0.704. The van der Waals surface area contributed by atoms with E-state index in [9.17, 15) is 4.79 Å². The van der Waals surface area contributed by atoms with Crippen LogP contribution in [0, 0.1) is 5.92 Å². The number of ether oxygens (including phenoxy) is 1. The number of rotatable bonds is 6. The second kappa shape index (κ2) is 8.71. The van der Waals surface area contributed by atoms with Gasteiger partial charge in [0.05, 0.1) is 0 Å². The fourth-order valence-corrected chi connectivity index (χ4v) is 4.31. The minimum absolute atomic E-state index is 0.141. The predicted molar refractivity (Wildman–Crippen MR) is 109 cm³/mol. The average molecular weight is 364 g/mol. The number of amides is 1. The third kappa shape index (κ3) is 4.41. The maximum Gasteiger partial charge on any atom is 0.230 e. The lowest BCUT2D eigenvalue weighted by Gasteiger charge is -2.26. The van der Waals surface area contributed by atoms with Gasteiger partial charge in [-0.3, -0.25) is 4.79 Å². The molecular formula is C24H29NO2. The molecule has 142 valence electrons. The van der Waals surface area contributed by atoms with Crippen LogP contribution < -0.4 is 4.90 Å². The number of nitrogens with zero attached hydrogens (tertiary/aromatic N) is 1. The molecule has 0 unspecified atom stereocenters. The van der Waals surface area contributed by atoms with Gasteiger partial charge in [0, 0.05) is 31.4 Å². The minimum Gasteiger partial charge on any atom is -0.381 e. The molecule has 2 aliphatic heterocycles. The van der Waals surface area contributed by atoms with Crippen LogP contribution in [0.1, 0.15) is 42.4 Å². The van der Waals surface area contributed by atoms with Crippen LogP contribution in [0.5, 0.6) is 0 Å². The summed E-state index contributed by atoms with van der Waals surface area (Å²) in [6.07, 6.45) is 7.41. The first kappa shape index (κ1) is 18.2. The number of hydrogen-bond donors (Lipinski definition) is 0. The number of carbonyl (C=O) groups excluding carboxylic acids is 1. The molecule has 0 bridgehead atoms. The Morgan fingerprint density at radius 2 is 1.70 bits per heavy atom. The number of fused-ring (bicyclic) bond motifs is 1. The molecule has 0 spiro atoms. The summed E-state index contributed by atoms with van der Waals surface area (Å²) in [6, 6.07) is 17.4. The highest BCUT2D eigenvalue weighted by atomic mass is 16.5. The van der Waals surface area contributed by atoms with Gasteiger partial charge < -0.3 is 9.64 Å². The van der Waals surface area contributed by atoms with Crippen LogP contribution in [0.4, 0.5) is 5.69 Å². The fourth-order valence-electron chi connectivity index (χ4n) is 4.31. The van der Waals surface area contributed by atoms with Crippen molar-refractivity contribution in [2.75, 3.05) is 24.7 Å². The van der Waals surface area contributed by atoms with Crippen LogP contribution in [0.25, 0.3) is 0 Å². The van der Waals surface area contributed by atoms with Gasteiger partial charge in [-0.25, -0.2) is 0 Å². The molecule has 0 aliphatic carbocycles. The Kier molecular flexibility index (Phi) is 5.88. The van der Waals surface area contributed by atoms with Gasteiger partial charge in [-0.15, -0.1) is 0 Å². The van der Waals surface area contributed by atoms with Crippen LogP contribution in [0.15, 0.2) is 48.5 Å². The Balaban J connectivity index is 1.32. The maximum absolute atomic E-state index is 12.9.